The van der Waals surface area contributed by atoms with E-state index in [2.05, 4.69) is 10.3 Å². The topological polar surface area (TPSA) is 71.5 Å². The fourth-order valence-corrected chi connectivity index (χ4v) is 5.64. The number of aromatic carboxylic acids is 1. The Morgan fingerprint density at radius 1 is 1.12 bits per heavy atom. The SMILES string of the molecule is CC.COc1ccc(-c2nc(Nc3cc(-c4ccccc4)sc3C(=O)O)sc2C2CC2)c(F)c1. The van der Waals surface area contributed by atoms with Crippen LogP contribution in [-0.2, 0) is 0 Å². The first-order chi connectivity index (χ1) is 16.5. The van der Waals surface area contributed by atoms with Crippen LogP contribution in [-0.4, -0.2) is 23.2 Å². The number of anilines is 2. The van der Waals surface area contributed by atoms with Crippen LogP contribution in [0.1, 0.15) is 47.2 Å². The lowest BCUT2D eigenvalue weighted by Crippen LogP contribution is -1.98. The second-order valence-corrected chi connectivity index (χ2v) is 9.58. The van der Waals surface area contributed by atoms with Crippen molar-refractivity contribution < 1.29 is 19.0 Å². The number of aromatic nitrogens is 1. The summed E-state index contributed by atoms with van der Waals surface area (Å²) in [5, 5.41) is 13.5. The molecule has 5 nitrogen and oxygen atoms in total. The molecule has 5 rings (SSSR count). The van der Waals surface area contributed by atoms with Crippen LogP contribution in [0, 0.1) is 5.82 Å². The van der Waals surface area contributed by atoms with Gasteiger partial charge in [-0.1, -0.05) is 44.2 Å². The third-order valence-electron chi connectivity index (χ3n) is 5.26. The first-order valence-corrected chi connectivity index (χ1v) is 12.7. The summed E-state index contributed by atoms with van der Waals surface area (Å²) in [6, 6.07) is 16.2. The van der Waals surface area contributed by atoms with Crippen LogP contribution in [0.5, 0.6) is 5.75 Å². The monoisotopic (exact) mass is 496 g/mol. The molecule has 1 saturated carbocycles. The number of carboxylic acids is 1. The zero-order valence-electron chi connectivity index (χ0n) is 19.1. The molecule has 176 valence electrons. The predicted octanol–water partition coefficient (Wildman–Crippen LogP) is 8.03. The molecule has 4 aromatic rings. The van der Waals surface area contributed by atoms with E-state index in [0.717, 1.165) is 28.2 Å². The molecule has 2 heterocycles. The standard InChI is InChI=1S/C24H19FN2O3S2.C2H6/c1-30-15-9-10-16(17(25)11-15)20-21(14-7-8-14)32-24(27-20)26-18-12-19(31-22(18)23(28)29)13-5-3-2-4-6-13;1-2/h2-6,9-12,14H,7-8H2,1H3,(H,26,27)(H,28,29);1-2H3. The summed E-state index contributed by atoms with van der Waals surface area (Å²) in [6.07, 6.45) is 2.09. The lowest BCUT2D eigenvalue weighted by atomic mass is 10.1. The van der Waals surface area contributed by atoms with Crippen molar-refractivity contribution in [3.8, 4) is 27.4 Å². The summed E-state index contributed by atoms with van der Waals surface area (Å²) >= 11 is 2.67. The van der Waals surface area contributed by atoms with E-state index in [1.807, 2.05) is 50.2 Å². The van der Waals surface area contributed by atoms with Crippen molar-refractivity contribution in [2.24, 2.45) is 0 Å². The van der Waals surface area contributed by atoms with Gasteiger partial charge in [0.25, 0.3) is 0 Å². The Hall–Kier alpha value is -3.23. The molecule has 1 aliphatic rings. The number of rotatable bonds is 7. The van der Waals surface area contributed by atoms with Crippen molar-refractivity contribution in [3.63, 3.8) is 0 Å². The minimum Gasteiger partial charge on any atom is -0.497 e. The lowest BCUT2D eigenvalue weighted by molar-refractivity contribution is 0.0703. The number of carbonyl (C=O) groups is 1. The van der Waals surface area contributed by atoms with Gasteiger partial charge in [0.1, 0.15) is 16.4 Å². The molecular formula is C26H25FN2O3S2. The molecule has 2 aromatic heterocycles. The number of nitrogens with one attached hydrogen (secondary N) is 1. The third kappa shape index (κ3) is 4.98. The smallest absolute Gasteiger partial charge is 0.348 e. The third-order valence-corrected chi connectivity index (χ3v) is 7.56. The highest BCUT2D eigenvalue weighted by Gasteiger charge is 2.31. The van der Waals surface area contributed by atoms with Crippen molar-refractivity contribution in [1.82, 2.24) is 4.98 Å². The Labute approximate surface area is 205 Å². The highest BCUT2D eigenvalue weighted by atomic mass is 32.1. The van der Waals surface area contributed by atoms with Crippen molar-refractivity contribution in [1.29, 1.82) is 0 Å². The molecule has 1 fully saturated rings. The molecule has 0 atom stereocenters. The lowest BCUT2D eigenvalue weighted by Gasteiger charge is -2.05. The molecule has 0 unspecified atom stereocenters. The fourth-order valence-electron chi connectivity index (χ4n) is 3.52. The van der Waals surface area contributed by atoms with Crippen LogP contribution in [0.4, 0.5) is 15.2 Å². The fraction of sp³-hybridized carbons (Fsp3) is 0.231. The second-order valence-electron chi connectivity index (χ2n) is 7.50. The highest BCUT2D eigenvalue weighted by molar-refractivity contribution is 7.18. The molecule has 2 aromatic carbocycles. The van der Waals surface area contributed by atoms with Gasteiger partial charge in [0, 0.05) is 21.4 Å². The second kappa shape index (κ2) is 10.4. The number of benzene rings is 2. The summed E-state index contributed by atoms with van der Waals surface area (Å²) in [5.74, 6) is -0.581. The van der Waals surface area contributed by atoms with E-state index in [1.165, 1.54) is 35.8 Å². The zero-order valence-corrected chi connectivity index (χ0v) is 20.7. The van der Waals surface area contributed by atoms with Gasteiger partial charge in [0.15, 0.2) is 5.13 Å². The van der Waals surface area contributed by atoms with Crippen LogP contribution in [0.3, 0.4) is 0 Å². The van der Waals surface area contributed by atoms with E-state index in [4.69, 9.17) is 4.74 Å². The van der Waals surface area contributed by atoms with Gasteiger partial charge in [0.2, 0.25) is 0 Å². The number of thiazole rings is 1. The average molecular weight is 497 g/mol. The maximum absolute atomic E-state index is 14.8. The van der Waals surface area contributed by atoms with Gasteiger partial charge in [0.05, 0.1) is 18.5 Å². The van der Waals surface area contributed by atoms with Crippen molar-refractivity contribution in [3.05, 3.63) is 70.2 Å². The molecule has 0 radical (unpaired) electrons. The Kier molecular flexibility index (Phi) is 7.29. The number of thiophene rings is 1. The first-order valence-electron chi connectivity index (χ1n) is 11.1. The van der Waals surface area contributed by atoms with Crippen molar-refractivity contribution >= 4 is 39.5 Å². The number of halogens is 1. The van der Waals surface area contributed by atoms with E-state index < -0.39 is 11.8 Å². The van der Waals surface area contributed by atoms with Gasteiger partial charge in [-0.3, -0.25) is 0 Å². The van der Waals surface area contributed by atoms with Crippen LogP contribution in [0.15, 0.2) is 54.6 Å². The van der Waals surface area contributed by atoms with Gasteiger partial charge in [-0.15, -0.1) is 22.7 Å². The van der Waals surface area contributed by atoms with E-state index in [1.54, 1.807) is 12.1 Å². The summed E-state index contributed by atoms with van der Waals surface area (Å²) < 4.78 is 19.9. The van der Waals surface area contributed by atoms with E-state index in [9.17, 15) is 14.3 Å². The number of carboxylic acid groups (broad SMARTS) is 1. The summed E-state index contributed by atoms with van der Waals surface area (Å²) in [7, 11) is 1.50. The summed E-state index contributed by atoms with van der Waals surface area (Å²) in [6.45, 7) is 4.00. The van der Waals surface area contributed by atoms with Crippen LogP contribution in [0.25, 0.3) is 21.7 Å². The van der Waals surface area contributed by atoms with Gasteiger partial charge >= 0.3 is 5.97 Å². The first kappa shape index (κ1) is 23.9. The van der Waals surface area contributed by atoms with Gasteiger partial charge in [-0.05, 0) is 42.5 Å². The Balaban J connectivity index is 0.00000133. The van der Waals surface area contributed by atoms with Crippen molar-refractivity contribution in [2.45, 2.75) is 32.6 Å². The van der Waals surface area contributed by atoms with Crippen LogP contribution >= 0.6 is 22.7 Å². The molecule has 0 bridgehead atoms. The van der Waals surface area contributed by atoms with Crippen molar-refractivity contribution in [2.75, 3.05) is 12.4 Å². The van der Waals surface area contributed by atoms with Crippen LogP contribution in [0.2, 0.25) is 0 Å². The van der Waals surface area contributed by atoms with E-state index in [-0.39, 0.29) is 4.88 Å². The molecule has 0 aliphatic heterocycles. The largest absolute Gasteiger partial charge is 0.497 e. The molecule has 8 heteroatoms. The van der Waals surface area contributed by atoms with Crippen LogP contribution < -0.4 is 10.1 Å². The minimum atomic E-state index is -1.000. The zero-order chi connectivity index (χ0) is 24.2. The normalized spacial score (nSPS) is 12.6. The molecule has 2 N–H and O–H groups in total. The number of methoxy groups -OCH3 is 1. The number of nitrogens with zero attached hydrogens (tertiary/aromatic N) is 1. The Morgan fingerprint density at radius 2 is 1.85 bits per heavy atom. The average Bonchev–Trinajstić information content (AvgIpc) is 3.49. The summed E-state index contributed by atoms with van der Waals surface area (Å²) in [5.41, 5.74) is 2.47. The Bertz CT molecular complexity index is 1300. The molecule has 34 heavy (non-hydrogen) atoms. The Morgan fingerprint density at radius 3 is 2.47 bits per heavy atom. The van der Waals surface area contributed by atoms with Gasteiger partial charge in [-0.2, -0.15) is 0 Å². The van der Waals surface area contributed by atoms with E-state index in [0.29, 0.717) is 33.7 Å². The molecule has 1 aliphatic carbocycles. The number of hydrogen-bond donors (Lipinski definition) is 2. The number of ether oxygens (including phenoxy) is 1. The predicted molar refractivity (Wildman–Crippen MR) is 137 cm³/mol. The molecule has 0 spiro atoms. The minimum absolute atomic E-state index is 0.212. The molecule has 0 saturated heterocycles. The molecular weight excluding hydrogens is 471 g/mol. The van der Waals surface area contributed by atoms with Gasteiger partial charge < -0.3 is 15.2 Å². The van der Waals surface area contributed by atoms with Gasteiger partial charge in [-0.25, -0.2) is 14.2 Å². The van der Waals surface area contributed by atoms with E-state index >= 15 is 0 Å². The number of hydrogen-bond acceptors (Lipinski definition) is 6. The molecule has 0 amide bonds. The highest BCUT2D eigenvalue weighted by Crippen LogP contribution is 2.49. The summed E-state index contributed by atoms with van der Waals surface area (Å²) in [4.78, 5) is 18.6. The maximum atomic E-state index is 14.8. The quantitative estimate of drug-likeness (QED) is 0.271. The maximum Gasteiger partial charge on any atom is 0.348 e.